The minimum Gasteiger partial charge on any atom is -0.336 e. The molecular formula is C20H23N5O. The molecule has 0 spiro atoms. The predicted octanol–water partition coefficient (Wildman–Crippen LogP) is 3.23. The van der Waals surface area contributed by atoms with Gasteiger partial charge in [0.2, 0.25) is 5.82 Å². The Morgan fingerprint density at radius 3 is 2.54 bits per heavy atom. The highest BCUT2D eigenvalue weighted by molar-refractivity contribution is 5.90. The van der Waals surface area contributed by atoms with Crippen LogP contribution < -0.4 is 0 Å². The second-order valence-corrected chi connectivity index (χ2v) is 7.07. The van der Waals surface area contributed by atoms with E-state index in [1.54, 1.807) is 10.7 Å². The lowest BCUT2D eigenvalue weighted by molar-refractivity contribution is 0.0677. The topological polar surface area (TPSA) is 63.4 Å². The van der Waals surface area contributed by atoms with Gasteiger partial charge in [-0.15, -0.1) is 5.10 Å². The van der Waals surface area contributed by atoms with Gasteiger partial charge in [-0.25, -0.2) is 9.50 Å². The molecule has 26 heavy (non-hydrogen) atoms. The normalized spacial score (nSPS) is 20.2. The molecule has 2 heterocycles. The Morgan fingerprint density at radius 1 is 1.12 bits per heavy atom. The van der Waals surface area contributed by atoms with E-state index in [1.807, 2.05) is 24.9 Å². The van der Waals surface area contributed by atoms with E-state index in [2.05, 4.69) is 45.4 Å². The van der Waals surface area contributed by atoms with Crippen LogP contribution in [0.5, 0.6) is 0 Å². The first kappa shape index (κ1) is 16.7. The molecule has 0 bridgehead atoms. The summed E-state index contributed by atoms with van der Waals surface area (Å²) in [4.78, 5) is 23.1. The molecule has 0 unspecified atom stereocenters. The Hall–Kier alpha value is -2.76. The number of carbonyl (C=O) groups is 1. The van der Waals surface area contributed by atoms with Gasteiger partial charge in [-0.05, 0) is 50.2 Å². The summed E-state index contributed by atoms with van der Waals surface area (Å²) in [5.74, 6) is 1.16. The van der Waals surface area contributed by atoms with Crippen molar-refractivity contribution in [3.63, 3.8) is 0 Å². The van der Waals surface area contributed by atoms with E-state index in [0.29, 0.717) is 11.7 Å². The fourth-order valence-corrected chi connectivity index (χ4v) is 3.84. The number of aromatic nitrogens is 4. The molecular weight excluding hydrogens is 326 g/mol. The number of amides is 1. The van der Waals surface area contributed by atoms with Crippen molar-refractivity contribution in [1.29, 1.82) is 0 Å². The summed E-state index contributed by atoms with van der Waals surface area (Å²) in [6, 6.07) is 12.8. The Labute approximate surface area is 152 Å². The fraction of sp³-hybridized carbons (Fsp3) is 0.400. The first-order valence-corrected chi connectivity index (χ1v) is 9.14. The number of carbonyl (C=O) groups excluding carboxylic acids is 1. The monoisotopic (exact) mass is 349 g/mol. The van der Waals surface area contributed by atoms with Crippen molar-refractivity contribution in [2.24, 2.45) is 0 Å². The van der Waals surface area contributed by atoms with Crippen LogP contribution >= 0.6 is 0 Å². The van der Waals surface area contributed by atoms with Crippen LogP contribution in [0.2, 0.25) is 0 Å². The molecule has 1 aliphatic rings. The van der Waals surface area contributed by atoms with Crippen LogP contribution in [0.3, 0.4) is 0 Å². The third-order valence-corrected chi connectivity index (χ3v) is 5.46. The van der Waals surface area contributed by atoms with Crippen LogP contribution in [0, 0.1) is 6.92 Å². The Morgan fingerprint density at radius 2 is 1.85 bits per heavy atom. The maximum atomic E-state index is 12.8. The van der Waals surface area contributed by atoms with Crippen molar-refractivity contribution >= 4 is 11.7 Å². The molecule has 1 amide bonds. The third kappa shape index (κ3) is 3.07. The summed E-state index contributed by atoms with van der Waals surface area (Å²) in [7, 11) is 1.86. The van der Waals surface area contributed by atoms with Crippen LogP contribution in [0.1, 0.15) is 53.5 Å². The van der Waals surface area contributed by atoms with E-state index in [-0.39, 0.29) is 17.8 Å². The van der Waals surface area contributed by atoms with Gasteiger partial charge in [0, 0.05) is 25.0 Å². The number of fused-ring (bicyclic) bond motifs is 1. The first-order valence-electron chi connectivity index (χ1n) is 9.14. The van der Waals surface area contributed by atoms with E-state index in [4.69, 9.17) is 0 Å². The molecule has 0 N–H and O–H groups in total. The van der Waals surface area contributed by atoms with Gasteiger partial charge >= 0.3 is 0 Å². The third-order valence-electron chi connectivity index (χ3n) is 5.46. The van der Waals surface area contributed by atoms with Gasteiger partial charge < -0.3 is 4.90 Å². The predicted molar refractivity (Wildman–Crippen MR) is 99.1 cm³/mol. The Bertz CT molecular complexity index is 912. The van der Waals surface area contributed by atoms with E-state index < -0.39 is 0 Å². The standard InChI is InChI=1S/C20H23N5O/c1-14-12-13-21-20-22-18(23-25(14)20)19(26)24(2)17-10-8-16(9-11-17)15-6-4-3-5-7-15/h3-7,12-13,16-17H,8-11H2,1-2H3. The Balaban J connectivity index is 1.45. The van der Waals surface area contributed by atoms with Crippen LogP contribution in [0.25, 0.3) is 5.78 Å². The van der Waals surface area contributed by atoms with Crippen LogP contribution in [0.4, 0.5) is 0 Å². The van der Waals surface area contributed by atoms with Gasteiger partial charge in [-0.2, -0.15) is 4.98 Å². The van der Waals surface area contributed by atoms with Gasteiger partial charge in [-0.1, -0.05) is 30.3 Å². The molecule has 6 heteroatoms. The minimum atomic E-state index is -0.127. The van der Waals surface area contributed by atoms with Gasteiger partial charge in [0.25, 0.3) is 11.7 Å². The summed E-state index contributed by atoms with van der Waals surface area (Å²) in [6.45, 7) is 1.92. The van der Waals surface area contributed by atoms with Crippen molar-refractivity contribution < 1.29 is 4.79 Å². The molecule has 3 aromatic rings. The van der Waals surface area contributed by atoms with Crippen molar-refractivity contribution in [1.82, 2.24) is 24.5 Å². The average molecular weight is 349 g/mol. The van der Waals surface area contributed by atoms with E-state index in [0.717, 1.165) is 31.4 Å². The molecule has 0 saturated heterocycles. The van der Waals surface area contributed by atoms with Crippen molar-refractivity contribution in [3.8, 4) is 0 Å². The number of hydrogen-bond acceptors (Lipinski definition) is 4. The number of hydrogen-bond donors (Lipinski definition) is 0. The summed E-state index contributed by atoms with van der Waals surface area (Å²) in [5, 5.41) is 4.34. The maximum absolute atomic E-state index is 12.8. The summed E-state index contributed by atoms with van der Waals surface area (Å²) in [6.07, 6.45) is 5.90. The largest absolute Gasteiger partial charge is 0.336 e. The molecule has 0 atom stereocenters. The summed E-state index contributed by atoms with van der Waals surface area (Å²) in [5.41, 5.74) is 2.32. The second kappa shape index (κ2) is 6.86. The zero-order valence-corrected chi connectivity index (χ0v) is 15.2. The van der Waals surface area contributed by atoms with Gasteiger partial charge in [0.05, 0.1) is 0 Å². The van der Waals surface area contributed by atoms with E-state index >= 15 is 0 Å². The van der Waals surface area contributed by atoms with Crippen LogP contribution in [-0.2, 0) is 0 Å². The molecule has 0 radical (unpaired) electrons. The highest BCUT2D eigenvalue weighted by Gasteiger charge is 2.29. The highest BCUT2D eigenvalue weighted by atomic mass is 16.2. The number of rotatable bonds is 3. The molecule has 1 aliphatic carbocycles. The highest BCUT2D eigenvalue weighted by Crippen LogP contribution is 2.34. The molecule has 134 valence electrons. The zero-order chi connectivity index (χ0) is 18.1. The average Bonchev–Trinajstić information content (AvgIpc) is 3.13. The zero-order valence-electron chi connectivity index (χ0n) is 15.2. The second-order valence-electron chi connectivity index (χ2n) is 7.07. The number of benzene rings is 1. The van der Waals surface area contributed by atoms with E-state index in [9.17, 15) is 4.79 Å². The lowest BCUT2D eigenvalue weighted by Crippen LogP contribution is -2.39. The molecule has 0 aliphatic heterocycles. The quantitative estimate of drug-likeness (QED) is 0.728. The molecule has 1 fully saturated rings. The SMILES string of the molecule is Cc1ccnc2nc(C(=O)N(C)C3CCC(c4ccccc4)CC3)nn12. The van der Waals surface area contributed by atoms with E-state index in [1.165, 1.54) is 5.56 Å². The molecule has 2 aromatic heterocycles. The van der Waals surface area contributed by atoms with Gasteiger partial charge in [0.1, 0.15) is 0 Å². The number of nitrogens with zero attached hydrogens (tertiary/aromatic N) is 5. The van der Waals surface area contributed by atoms with Crippen LogP contribution in [0.15, 0.2) is 42.6 Å². The van der Waals surface area contributed by atoms with Gasteiger partial charge in [0.15, 0.2) is 0 Å². The lowest BCUT2D eigenvalue weighted by Gasteiger charge is -2.34. The fourth-order valence-electron chi connectivity index (χ4n) is 3.84. The molecule has 1 saturated carbocycles. The Kier molecular flexibility index (Phi) is 4.41. The molecule has 1 aromatic carbocycles. The maximum Gasteiger partial charge on any atom is 0.293 e. The smallest absolute Gasteiger partial charge is 0.293 e. The first-order chi connectivity index (χ1) is 12.6. The number of aryl methyl sites for hydroxylation is 1. The lowest BCUT2D eigenvalue weighted by atomic mass is 9.81. The van der Waals surface area contributed by atoms with Crippen LogP contribution in [-0.4, -0.2) is 43.5 Å². The molecule has 4 rings (SSSR count). The summed E-state index contributed by atoms with van der Waals surface area (Å²) >= 11 is 0. The summed E-state index contributed by atoms with van der Waals surface area (Å²) < 4.78 is 1.62. The van der Waals surface area contributed by atoms with Crippen molar-refractivity contribution in [2.45, 2.75) is 44.6 Å². The van der Waals surface area contributed by atoms with Gasteiger partial charge in [-0.3, -0.25) is 4.79 Å². The minimum absolute atomic E-state index is 0.127. The molecule has 6 nitrogen and oxygen atoms in total. The van der Waals surface area contributed by atoms with Crippen molar-refractivity contribution in [2.75, 3.05) is 7.05 Å². The van der Waals surface area contributed by atoms with Crippen molar-refractivity contribution in [3.05, 3.63) is 59.7 Å².